The molecule has 12 atom stereocenters. The van der Waals surface area contributed by atoms with Crippen molar-refractivity contribution >= 4 is 5.91 Å². The molecular weight excluding hydrogens is 1090 g/mol. The van der Waals surface area contributed by atoms with E-state index in [4.69, 9.17) is 18.9 Å². The third-order valence-corrected chi connectivity index (χ3v) is 16.0. The molecule has 0 aliphatic carbocycles. The molecule has 86 heavy (non-hydrogen) atoms. The van der Waals surface area contributed by atoms with Crippen LogP contribution < -0.4 is 5.32 Å². The second-order valence-electron chi connectivity index (χ2n) is 23.6. The van der Waals surface area contributed by atoms with Crippen molar-refractivity contribution in [3.05, 3.63) is 109 Å². The lowest BCUT2D eigenvalue weighted by Gasteiger charge is -2.46. The van der Waals surface area contributed by atoms with Crippen LogP contribution in [0.4, 0.5) is 0 Å². The number of allylic oxidation sites excluding steroid dienone is 18. The SMILES string of the molecule is CC/C=C\C/C=C\C/C=C\C/C=C\C/C=C\C/C=C\C/C=C\C/C=C\C/C=C\CCCC(=O)NC(COC1OC(CO)C(OC2OC(CO)C(O)C(O)C2O)C(O)C1O)C(O)CCCCCCCCCCCCCCCCCCCCCCCCC. The van der Waals surface area contributed by atoms with Crippen LogP contribution in [0.2, 0.25) is 0 Å². The van der Waals surface area contributed by atoms with Crippen LogP contribution in [-0.2, 0) is 23.7 Å². The first-order chi connectivity index (χ1) is 42.1. The van der Waals surface area contributed by atoms with E-state index < -0.39 is 86.8 Å². The Morgan fingerprint density at radius 1 is 0.430 bits per heavy atom. The highest BCUT2D eigenvalue weighted by molar-refractivity contribution is 5.76. The zero-order valence-corrected chi connectivity index (χ0v) is 53.5. The number of hydrogen-bond acceptors (Lipinski definition) is 13. The van der Waals surface area contributed by atoms with Crippen LogP contribution in [0.3, 0.4) is 0 Å². The molecular formula is C72H123NO13. The molecule has 0 aromatic carbocycles. The quantitative estimate of drug-likeness (QED) is 0.0204. The molecule has 0 aromatic rings. The van der Waals surface area contributed by atoms with Gasteiger partial charge in [0.1, 0.15) is 48.8 Å². The van der Waals surface area contributed by atoms with Gasteiger partial charge in [-0.3, -0.25) is 4.79 Å². The lowest BCUT2D eigenvalue weighted by atomic mass is 9.97. The molecule has 1 amide bonds. The van der Waals surface area contributed by atoms with Gasteiger partial charge in [0.15, 0.2) is 12.6 Å². The van der Waals surface area contributed by atoms with Crippen LogP contribution in [0, 0.1) is 0 Å². The summed E-state index contributed by atoms with van der Waals surface area (Å²) in [4.78, 5) is 13.3. The summed E-state index contributed by atoms with van der Waals surface area (Å²) in [5, 5.41) is 87.5. The van der Waals surface area contributed by atoms with Gasteiger partial charge in [-0.15, -0.1) is 0 Å². The minimum absolute atomic E-state index is 0.217. The molecule has 9 N–H and O–H groups in total. The lowest BCUT2D eigenvalue weighted by Crippen LogP contribution is -2.65. The molecule has 0 bridgehead atoms. The number of rotatable bonds is 54. The average molecular weight is 1210 g/mol. The first-order valence-corrected chi connectivity index (χ1v) is 34.1. The predicted octanol–water partition coefficient (Wildman–Crippen LogP) is 13.6. The number of amides is 1. The van der Waals surface area contributed by atoms with Crippen molar-refractivity contribution in [3.8, 4) is 0 Å². The molecule has 14 nitrogen and oxygen atoms in total. The number of nitrogens with one attached hydrogen (secondary N) is 1. The van der Waals surface area contributed by atoms with E-state index in [1.807, 2.05) is 0 Å². The molecule has 2 rings (SSSR count). The van der Waals surface area contributed by atoms with Crippen molar-refractivity contribution in [2.75, 3.05) is 19.8 Å². The van der Waals surface area contributed by atoms with E-state index in [2.05, 4.69) is 129 Å². The van der Waals surface area contributed by atoms with Crippen molar-refractivity contribution < 1.29 is 64.6 Å². The lowest BCUT2D eigenvalue weighted by molar-refractivity contribution is -0.359. The molecule has 14 heteroatoms. The summed E-state index contributed by atoms with van der Waals surface area (Å²) in [6.07, 6.45) is 62.4. The monoisotopic (exact) mass is 1210 g/mol. The van der Waals surface area contributed by atoms with Crippen LogP contribution in [0.25, 0.3) is 0 Å². The number of aliphatic hydroxyl groups is 8. The zero-order valence-electron chi connectivity index (χ0n) is 53.5. The van der Waals surface area contributed by atoms with Gasteiger partial charge in [0.25, 0.3) is 0 Å². The molecule has 2 saturated heterocycles. The summed E-state index contributed by atoms with van der Waals surface area (Å²) in [7, 11) is 0. The fraction of sp³-hybridized carbons (Fsp3) is 0.736. The summed E-state index contributed by atoms with van der Waals surface area (Å²) in [5.41, 5.74) is 0. The molecule has 12 unspecified atom stereocenters. The van der Waals surface area contributed by atoms with Gasteiger partial charge in [0, 0.05) is 6.42 Å². The van der Waals surface area contributed by atoms with Crippen molar-refractivity contribution in [3.63, 3.8) is 0 Å². The van der Waals surface area contributed by atoms with Gasteiger partial charge in [0.2, 0.25) is 5.91 Å². The zero-order chi connectivity index (χ0) is 62.3. The molecule has 0 saturated carbocycles. The van der Waals surface area contributed by atoms with Gasteiger partial charge in [-0.05, 0) is 77.0 Å². The van der Waals surface area contributed by atoms with Crippen molar-refractivity contribution in [2.45, 2.75) is 319 Å². The fourth-order valence-electron chi connectivity index (χ4n) is 10.6. The molecule has 2 heterocycles. The number of aliphatic hydroxyl groups excluding tert-OH is 8. The second-order valence-corrected chi connectivity index (χ2v) is 23.6. The Labute approximate surface area is 521 Å². The molecule has 0 spiro atoms. The highest BCUT2D eigenvalue weighted by Gasteiger charge is 2.51. The number of carbonyl (C=O) groups is 1. The van der Waals surface area contributed by atoms with Gasteiger partial charge in [0.05, 0.1) is 32.0 Å². The summed E-state index contributed by atoms with van der Waals surface area (Å²) in [6.45, 7) is 2.72. The summed E-state index contributed by atoms with van der Waals surface area (Å²) < 4.78 is 22.9. The Morgan fingerprint density at radius 2 is 0.791 bits per heavy atom. The number of carbonyl (C=O) groups excluding carboxylic acids is 1. The Kier molecular flexibility index (Phi) is 51.0. The normalized spacial score (nSPS) is 24.1. The Bertz CT molecular complexity index is 1860. The fourth-order valence-corrected chi connectivity index (χ4v) is 10.6. The maximum atomic E-state index is 13.3. The van der Waals surface area contributed by atoms with Gasteiger partial charge in [-0.25, -0.2) is 0 Å². The summed E-state index contributed by atoms with van der Waals surface area (Å²) in [5.74, 6) is -0.266. The minimum atomic E-state index is -1.79. The van der Waals surface area contributed by atoms with Crippen molar-refractivity contribution in [1.29, 1.82) is 0 Å². The first kappa shape index (κ1) is 78.7. The Balaban J connectivity index is 1.73. The average Bonchev–Trinajstić information content (AvgIpc) is 2.53. The van der Waals surface area contributed by atoms with Crippen LogP contribution >= 0.6 is 0 Å². The Morgan fingerprint density at radius 3 is 1.19 bits per heavy atom. The third-order valence-electron chi connectivity index (χ3n) is 16.0. The molecule has 0 radical (unpaired) electrons. The van der Waals surface area contributed by atoms with E-state index in [9.17, 15) is 45.6 Å². The van der Waals surface area contributed by atoms with Gasteiger partial charge in [-0.2, -0.15) is 0 Å². The van der Waals surface area contributed by atoms with Crippen LogP contribution in [0.15, 0.2) is 109 Å². The second kappa shape index (κ2) is 55.7. The highest BCUT2D eigenvalue weighted by atomic mass is 16.7. The van der Waals surface area contributed by atoms with E-state index in [-0.39, 0.29) is 18.9 Å². The van der Waals surface area contributed by atoms with Gasteiger partial charge in [-0.1, -0.05) is 271 Å². The Hall–Kier alpha value is -3.35. The van der Waals surface area contributed by atoms with E-state index in [0.717, 1.165) is 83.5 Å². The van der Waals surface area contributed by atoms with Crippen LogP contribution in [-0.4, -0.2) is 140 Å². The van der Waals surface area contributed by atoms with E-state index in [1.54, 1.807) is 0 Å². The molecule has 494 valence electrons. The minimum Gasteiger partial charge on any atom is -0.394 e. The number of ether oxygens (including phenoxy) is 4. The maximum Gasteiger partial charge on any atom is 0.220 e. The predicted molar refractivity (Wildman–Crippen MR) is 350 cm³/mol. The highest BCUT2D eigenvalue weighted by Crippen LogP contribution is 2.30. The van der Waals surface area contributed by atoms with E-state index in [1.165, 1.54) is 122 Å². The smallest absolute Gasteiger partial charge is 0.220 e. The van der Waals surface area contributed by atoms with E-state index in [0.29, 0.717) is 19.3 Å². The van der Waals surface area contributed by atoms with E-state index >= 15 is 0 Å². The van der Waals surface area contributed by atoms with Crippen molar-refractivity contribution in [2.24, 2.45) is 0 Å². The van der Waals surface area contributed by atoms with Crippen molar-refractivity contribution in [1.82, 2.24) is 5.32 Å². The largest absolute Gasteiger partial charge is 0.394 e. The maximum absolute atomic E-state index is 13.3. The molecule has 2 aliphatic rings. The number of unbranched alkanes of at least 4 members (excludes halogenated alkanes) is 23. The number of hydrogen-bond donors (Lipinski definition) is 9. The molecule has 2 fully saturated rings. The standard InChI is InChI=1S/C72H123NO13/c1-3-5-7-9-11-13-15-17-19-21-23-25-27-28-29-30-31-32-34-36-38-40-42-44-46-48-50-52-54-56-64(77)73-60(59-83-71-69(82)67(80)70(63(58-75)85-71)86-72-68(81)66(79)65(78)62(57-74)84-72)61(76)55-53-51-49-47-45-43-41-39-37-35-33-26-24-22-20-18-16-14-12-10-8-6-4-2/h5,7,11,13,17,19,23,25,28-29,31-32,36,38,42,44,48,50,60-63,65-72,74-76,78-82H,3-4,6,8-10,12,14-16,18,20-22,24,26-27,30,33-35,37,39-41,43,45-47,49,51-59H2,1-2H3,(H,73,77)/b7-5-,13-11-,19-17-,25-23-,29-28-,32-31-,38-36-,44-42-,50-48-. The summed E-state index contributed by atoms with van der Waals surface area (Å²) >= 11 is 0. The van der Waals surface area contributed by atoms with Crippen LogP contribution in [0.1, 0.15) is 245 Å². The van der Waals surface area contributed by atoms with Crippen LogP contribution in [0.5, 0.6) is 0 Å². The topological polar surface area (TPSA) is 228 Å². The first-order valence-electron chi connectivity index (χ1n) is 34.1. The third kappa shape index (κ3) is 39.6. The molecule has 2 aliphatic heterocycles. The summed E-state index contributed by atoms with van der Waals surface area (Å²) in [6, 6.07) is -0.869. The van der Waals surface area contributed by atoms with Gasteiger partial charge < -0.3 is 65.1 Å². The van der Waals surface area contributed by atoms with Gasteiger partial charge >= 0.3 is 0 Å². The molecule has 0 aromatic heterocycles.